The van der Waals surface area contributed by atoms with E-state index in [9.17, 15) is 18.4 Å². The third-order valence-corrected chi connectivity index (χ3v) is 6.08. The van der Waals surface area contributed by atoms with Gasteiger partial charge < -0.3 is 10.1 Å². The Morgan fingerprint density at radius 2 is 1.81 bits per heavy atom. The molecule has 1 heterocycles. The zero-order valence-electron chi connectivity index (χ0n) is 17.0. The first-order valence-corrected chi connectivity index (χ1v) is 11.0. The van der Waals surface area contributed by atoms with Crippen LogP contribution in [0.1, 0.15) is 16.5 Å². The molecule has 0 radical (unpaired) electrons. The predicted octanol–water partition coefficient (Wildman–Crippen LogP) is 4.90. The number of amides is 2. The molecule has 1 aliphatic rings. The Morgan fingerprint density at radius 3 is 2.59 bits per heavy atom. The number of halogens is 2. The summed E-state index contributed by atoms with van der Waals surface area (Å²) >= 11 is 1.31. The van der Waals surface area contributed by atoms with Crippen molar-refractivity contribution in [2.24, 2.45) is 0 Å². The number of anilines is 2. The van der Waals surface area contributed by atoms with Crippen LogP contribution in [0.25, 0.3) is 0 Å². The molecule has 164 valence electrons. The Labute approximate surface area is 188 Å². The van der Waals surface area contributed by atoms with E-state index in [1.807, 2.05) is 30.3 Å². The Bertz CT molecular complexity index is 1130. The van der Waals surface area contributed by atoms with Gasteiger partial charge in [-0.25, -0.2) is 8.78 Å². The molecule has 1 atom stereocenters. The van der Waals surface area contributed by atoms with Gasteiger partial charge in [0, 0.05) is 17.3 Å². The molecule has 1 fully saturated rings. The normalized spacial score (nSPS) is 15.8. The molecule has 8 heteroatoms. The van der Waals surface area contributed by atoms with Crippen molar-refractivity contribution in [1.82, 2.24) is 0 Å². The lowest BCUT2D eigenvalue weighted by Gasteiger charge is -2.26. The summed E-state index contributed by atoms with van der Waals surface area (Å²) in [4.78, 5) is 26.3. The number of para-hydroxylation sites is 1. The number of carbonyl (C=O) groups excluding carboxylic acids is 2. The lowest BCUT2D eigenvalue weighted by Crippen LogP contribution is -2.29. The smallest absolute Gasteiger partial charge is 0.250 e. The SMILES string of the molecule is O=C(COCc1ccccc1)Nc1ccccc1C1SCC(=O)N1c1ccc(F)cc1F. The first-order valence-electron chi connectivity index (χ1n) is 9.92. The largest absolute Gasteiger partial charge is 0.367 e. The van der Waals surface area contributed by atoms with Crippen molar-refractivity contribution in [2.75, 3.05) is 22.6 Å². The molecule has 1 N–H and O–H groups in total. The summed E-state index contributed by atoms with van der Waals surface area (Å²) in [6, 6.07) is 19.6. The molecule has 0 saturated carbocycles. The number of hydrogen-bond acceptors (Lipinski definition) is 4. The summed E-state index contributed by atoms with van der Waals surface area (Å²) in [6.07, 6.45) is 0. The van der Waals surface area contributed by atoms with E-state index in [1.165, 1.54) is 22.7 Å². The van der Waals surface area contributed by atoms with Crippen molar-refractivity contribution in [3.8, 4) is 0 Å². The molecule has 3 aromatic carbocycles. The highest BCUT2D eigenvalue weighted by Gasteiger charge is 2.36. The number of benzene rings is 3. The van der Waals surface area contributed by atoms with Crippen LogP contribution in [-0.4, -0.2) is 24.2 Å². The van der Waals surface area contributed by atoms with Crippen LogP contribution in [0.2, 0.25) is 0 Å². The molecule has 0 spiro atoms. The average molecular weight is 454 g/mol. The number of rotatable bonds is 7. The van der Waals surface area contributed by atoms with Gasteiger partial charge in [0.2, 0.25) is 11.8 Å². The van der Waals surface area contributed by atoms with Crippen molar-refractivity contribution < 1.29 is 23.1 Å². The minimum Gasteiger partial charge on any atom is -0.367 e. The van der Waals surface area contributed by atoms with E-state index in [0.29, 0.717) is 17.9 Å². The van der Waals surface area contributed by atoms with E-state index in [4.69, 9.17) is 4.74 Å². The average Bonchev–Trinajstić information content (AvgIpc) is 3.16. The van der Waals surface area contributed by atoms with E-state index in [2.05, 4.69) is 5.32 Å². The third-order valence-electron chi connectivity index (χ3n) is 4.88. The molecule has 0 aromatic heterocycles. The molecule has 32 heavy (non-hydrogen) atoms. The van der Waals surface area contributed by atoms with Crippen LogP contribution in [0.4, 0.5) is 20.2 Å². The van der Waals surface area contributed by atoms with Crippen LogP contribution >= 0.6 is 11.8 Å². The highest BCUT2D eigenvalue weighted by atomic mass is 32.2. The third kappa shape index (κ3) is 4.98. The number of ether oxygens (including phenoxy) is 1. The second-order valence-electron chi connectivity index (χ2n) is 7.14. The van der Waals surface area contributed by atoms with Gasteiger partial charge in [-0.2, -0.15) is 0 Å². The molecule has 5 nitrogen and oxygen atoms in total. The van der Waals surface area contributed by atoms with E-state index >= 15 is 0 Å². The molecule has 0 aliphatic carbocycles. The van der Waals surface area contributed by atoms with Gasteiger partial charge in [0.05, 0.1) is 18.0 Å². The Hall–Kier alpha value is -3.23. The summed E-state index contributed by atoms with van der Waals surface area (Å²) in [5.41, 5.74) is 2.10. The maximum Gasteiger partial charge on any atom is 0.250 e. The monoisotopic (exact) mass is 454 g/mol. The second kappa shape index (κ2) is 9.93. The Kier molecular flexibility index (Phi) is 6.82. The van der Waals surface area contributed by atoms with Crippen molar-refractivity contribution >= 4 is 35.0 Å². The molecule has 1 unspecified atom stereocenters. The number of nitrogens with one attached hydrogen (secondary N) is 1. The number of hydrogen-bond donors (Lipinski definition) is 1. The highest BCUT2D eigenvalue weighted by Crippen LogP contribution is 2.44. The standard InChI is InChI=1S/C24H20F2N2O3S/c25-17-10-11-21(19(26)12-17)28-23(30)15-32-24(28)18-8-4-5-9-20(18)27-22(29)14-31-13-16-6-2-1-3-7-16/h1-12,24H,13-15H2,(H,27,29). The minimum absolute atomic E-state index is 0.00118. The summed E-state index contributed by atoms with van der Waals surface area (Å²) in [7, 11) is 0. The van der Waals surface area contributed by atoms with Crippen molar-refractivity contribution in [3.63, 3.8) is 0 Å². The van der Waals surface area contributed by atoms with Crippen LogP contribution in [0, 0.1) is 11.6 Å². The molecule has 2 amide bonds. The first kappa shape index (κ1) is 22.0. The van der Waals surface area contributed by atoms with Crippen molar-refractivity contribution in [3.05, 3.63) is 95.6 Å². The molecule has 1 saturated heterocycles. The van der Waals surface area contributed by atoms with Gasteiger partial charge in [0.15, 0.2) is 0 Å². The van der Waals surface area contributed by atoms with E-state index in [1.54, 1.807) is 24.3 Å². The molecule has 4 rings (SSSR count). The van der Waals surface area contributed by atoms with Gasteiger partial charge in [-0.3, -0.25) is 14.5 Å². The van der Waals surface area contributed by atoms with Gasteiger partial charge in [0.1, 0.15) is 23.6 Å². The number of thioether (sulfide) groups is 1. The van der Waals surface area contributed by atoms with Crippen LogP contribution < -0.4 is 10.2 Å². The van der Waals surface area contributed by atoms with Crippen LogP contribution in [0.3, 0.4) is 0 Å². The highest BCUT2D eigenvalue weighted by molar-refractivity contribution is 8.00. The molecular formula is C24H20F2N2O3S. The van der Waals surface area contributed by atoms with Crippen molar-refractivity contribution in [1.29, 1.82) is 0 Å². The first-order chi connectivity index (χ1) is 15.5. The molecule has 1 aliphatic heterocycles. The molecule has 3 aromatic rings. The van der Waals surface area contributed by atoms with Crippen molar-refractivity contribution in [2.45, 2.75) is 12.0 Å². The molecule has 0 bridgehead atoms. The Morgan fingerprint density at radius 1 is 1.06 bits per heavy atom. The van der Waals surface area contributed by atoms with E-state index in [0.717, 1.165) is 17.7 Å². The molecular weight excluding hydrogens is 434 g/mol. The summed E-state index contributed by atoms with van der Waals surface area (Å²) in [5, 5.41) is 2.25. The van der Waals surface area contributed by atoms with Gasteiger partial charge in [0.25, 0.3) is 0 Å². The van der Waals surface area contributed by atoms with E-state index < -0.39 is 17.0 Å². The van der Waals surface area contributed by atoms with Crippen LogP contribution in [0.15, 0.2) is 72.8 Å². The quantitative estimate of drug-likeness (QED) is 0.552. The predicted molar refractivity (Wildman–Crippen MR) is 120 cm³/mol. The zero-order chi connectivity index (χ0) is 22.5. The van der Waals surface area contributed by atoms with E-state index in [-0.39, 0.29) is 29.9 Å². The van der Waals surface area contributed by atoms with Crippen LogP contribution in [0.5, 0.6) is 0 Å². The van der Waals surface area contributed by atoms with Crippen LogP contribution in [-0.2, 0) is 20.9 Å². The number of carbonyl (C=O) groups is 2. The van der Waals surface area contributed by atoms with Gasteiger partial charge in [-0.1, -0.05) is 48.5 Å². The topological polar surface area (TPSA) is 58.6 Å². The maximum atomic E-state index is 14.4. The lowest BCUT2D eigenvalue weighted by molar-refractivity contribution is -0.121. The lowest BCUT2D eigenvalue weighted by atomic mass is 10.1. The Balaban J connectivity index is 1.49. The fraction of sp³-hybridized carbons (Fsp3) is 0.167. The second-order valence-corrected chi connectivity index (χ2v) is 8.21. The maximum absolute atomic E-state index is 14.4. The summed E-state index contributed by atoms with van der Waals surface area (Å²) < 4.78 is 33.3. The van der Waals surface area contributed by atoms with Gasteiger partial charge >= 0.3 is 0 Å². The van der Waals surface area contributed by atoms with Gasteiger partial charge in [-0.05, 0) is 23.8 Å². The fourth-order valence-electron chi connectivity index (χ4n) is 3.44. The fourth-order valence-corrected chi connectivity index (χ4v) is 4.64. The number of nitrogens with zero attached hydrogens (tertiary/aromatic N) is 1. The summed E-state index contributed by atoms with van der Waals surface area (Å²) in [5.74, 6) is -2.03. The van der Waals surface area contributed by atoms with Gasteiger partial charge in [-0.15, -0.1) is 11.8 Å². The zero-order valence-corrected chi connectivity index (χ0v) is 17.8. The summed E-state index contributed by atoms with van der Waals surface area (Å²) in [6.45, 7) is 0.163. The minimum atomic E-state index is -0.818.